The molecule has 0 aliphatic carbocycles. The number of nitrogens with zero attached hydrogens (tertiary/aromatic N) is 1. The van der Waals surface area contributed by atoms with Crippen LogP contribution in [0.4, 0.5) is 0 Å². The highest BCUT2D eigenvalue weighted by Gasteiger charge is 2.21. The van der Waals surface area contributed by atoms with Crippen molar-refractivity contribution in [3.05, 3.63) is 24.3 Å². The third-order valence-corrected chi connectivity index (χ3v) is 6.48. The highest BCUT2D eigenvalue weighted by molar-refractivity contribution is 7.98. The van der Waals surface area contributed by atoms with Gasteiger partial charge in [-0.2, -0.15) is 0 Å². The summed E-state index contributed by atoms with van der Waals surface area (Å²) in [5, 5.41) is 0. The van der Waals surface area contributed by atoms with Crippen LogP contribution < -0.4 is 4.72 Å². The second-order valence-electron chi connectivity index (χ2n) is 6.63. The van der Waals surface area contributed by atoms with Crippen LogP contribution in [-0.4, -0.2) is 45.8 Å². The van der Waals surface area contributed by atoms with Crippen molar-refractivity contribution < 1.29 is 8.42 Å². The van der Waals surface area contributed by atoms with Crippen molar-refractivity contribution in [2.75, 3.05) is 32.4 Å². The molecule has 6 heteroatoms. The van der Waals surface area contributed by atoms with Crippen LogP contribution in [0.5, 0.6) is 0 Å². The predicted molar refractivity (Wildman–Crippen MR) is 97.4 cm³/mol. The lowest BCUT2D eigenvalue weighted by Crippen LogP contribution is -2.40. The first-order valence-electron chi connectivity index (χ1n) is 8.27. The lowest BCUT2D eigenvalue weighted by atomic mass is 9.92. The molecule has 130 valence electrons. The van der Waals surface area contributed by atoms with Crippen molar-refractivity contribution in [2.24, 2.45) is 11.8 Å². The lowest BCUT2D eigenvalue weighted by Gasteiger charge is -2.34. The fourth-order valence-electron chi connectivity index (χ4n) is 3.32. The molecule has 0 radical (unpaired) electrons. The molecular formula is C17H28N2O2S2. The van der Waals surface area contributed by atoms with Crippen molar-refractivity contribution in [2.45, 2.75) is 36.5 Å². The molecule has 1 aromatic carbocycles. The van der Waals surface area contributed by atoms with Gasteiger partial charge in [0.1, 0.15) is 0 Å². The fraction of sp³-hybridized carbons (Fsp3) is 0.647. The Morgan fingerprint density at radius 3 is 2.35 bits per heavy atom. The summed E-state index contributed by atoms with van der Waals surface area (Å²) < 4.78 is 27.2. The highest BCUT2D eigenvalue weighted by atomic mass is 32.2. The molecule has 1 aliphatic heterocycles. The SMILES string of the molecule is CSc1ccc(S(=O)(=O)NCCCN2C[C@H](C)C[C@@H](C)C2)cc1. The second-order valence-corrected chi connectivity index (χ2v) is 9.28. The van der Waals surface area contributed by atoms with Crippen molar-refractivity contribution in [3.63, 3.8) is 0 Å². The van der Waals surface area contributed by atoms with E-state index in [4.69, 9.17) is 0 Å². The molecule has 0 aromatic heterocycles. The van der Waals surface area contributed by atoms with Crippen LogP contribution in [0, 0.1) is 11.8 Å². The maximum absolute atomic E-state index is 12.3. The number of sulfonamides is 1. The van der Waals surface area contributed by atoms with Crippen molar-refractivity contribution in [3.8, 4) is 0 Å². The summed E-state index contributed by atoms with van der Waals surface area (Å²) in [5.74, 6) is 1.48. The lowest BCUT2D eigenvalue weighted by molar-refractivity contribution is 0.140. The van der Waals surface area contributed by atoms with E-state index in [9.17, 15) is 8.42 Å². The Balaban J connectivity index is 1.78. The zero-order chi connectivity index (χ0) is 16.9. The largest absolute Gasteiger partial charge is 0.303 e. The smallest absolute Gasteiger partial charge is 0.240 e. The molecule has 23 heavy (non-hydrogen) atoms. The maximum atomic E-state index is 12.3. The van der Waals surface area contributed by atoms with Crippen LogP contribution in [0.1, 0.15) is 26.7 Å². The third-order valence-electron chi connectivity index (χ3n) is 4.26. The number of thioether (sulfide) groups is 1. The van der Waals surface area contributed by atoms with Gasteiger partial charge in [0.2, 0.25) is 10.0 Å². The van der Waals surface area contributed by atoms with Gasteiger partial charge in [-0.1, -0.05) is 13.8 Å². The average molecular weight is 357 g/mol. The van der Waals surface area contributed by atoms with E-state index in [-0.39, 0.29) is 0 Å². The van der Waals surface area contributed by atoms with E-state index in [0.717, 1.165) is 42.8 Å². The number of likely N-dealkylation sites (tertiary alicyclic amines) is 1. The van der Waals surface area contributed by atoms with Gasteiger partial charge in [-0.05, 0) is 61.7 Å². The first-order valence-corrected chi connectivity index (χ1v) is 11.0. The topological polar surface area (TPSA) is 49.4 Å². The molecule has 0 unspecified atom stereocenters. The van der Waals surface area contributed by atoms with E-state index in [0.29, 0.717) is 11.4 Å². The number of piperidine rings is 1. The van der Waals surface area contributed by atoms with Crippen molar-refractivity contribution in [1.29, 1.82) is 0 Å². The second kappa shape index (κ2) is 8.51. The van der Waals surface area contributed by atoms with Gasteiger partial charge in [0.15, 0.2) is 0 Å². The van der Waals surface area contributed by atoms with Crippen LogP contribution in [0.2, 0.25) is 0 Å². The van der Waals surface area contributed by atoms with Crippen LogP contribution in [0.15, 0.2) is 34.1 Å². The molecule has 1 heterocycles. The van der Waals surface area contributed by atoms with E-state index in [1.807, 2.05) is 18.4 Å². The number of nitrogens with one attached hydrogen (secondary N) is 1. The molecule has 0 saturated carbocycles. The standard InChI is InChI=1S/C17H28N2O2S2/c1-14-11-15(2)13-19(12-14)10-4-9-18-23(20,21)17-7-5-16(22-3)6-8-17/h5-8,14-15,18H,4,9-13H2,1-3H3/t14-,15-/m1/s1. The van der Waals surface area contributed by atoms with Crippen molar-refractivity contribution in [1.82, 2.24) is 9.62 Å². The monoisotopic (exact) mass is 356 g/mol. The van der Waals surface area contributed by atoms with E-state index in [1.165, 1.54) is 6.42 Å². The summed E-state index contributed by atoms with van der Waals surface area (Å²) in [5.41, 5.74) is 0. The quantitative estimate of drug-likeness (QED) is 0.603. The molecule has 4 nitrogen and oxygen atoms in total. The molecule has 1 N–H and O–H groups in total. The number of rotatable bonds is 7. The molecule has 0 bridgehead atoms. The summed E-state index contributed by atoms with van der Waals surface area (Å²) in [7, 11) is -3.39. The van der Waals surface area contributed by atoms with Gasteiger partial charge in [0, 0.05) is 24.5 Å². The Hall–Kier alpha value is -0.560. The van der Waals surface area contributed by atoms with Gasteiger partial charge in [-0.15, -0.1) is 11.8 Å². The third kappa shape index (κ3) is 5.78. The minimum Gasteiger partial charge on any atom is -0.303 e. The maximum Gasteiger partial charge on any atom is 0.240 e. The molecule has 1 saturated heterocycles. The van der Waals surface area contributed by atoms with E-state index >= 15 is 0 Å². The molecule has 1 aliphatic rings. The Labute approximate surface area is 145 Å². The molecule has 1 fully saturated rings. The zero-order valence-corrected chi connectivity index (χ0v) is 15.9. The van der Waals surface area contributed by atoms with Crippen LogP contribution in [-0.2, 0) is 10.0 Å². The summed E-state index contributed by atoms with van der Waals surface area (Å²) in [4.78, 5) is 3.87. The minimum absolute atomic E-state index is 0.343. The van der Waals surface area contributed by atoms with Gasteiger partial charge in [0.25, 0.3) is 0 Å². The first kappa shape index (κ1) is 18.8. The fourth-order valence-corrected chi connectivity index (χ4v) is 4.80. The molecule has 2 atom stereocenters. The number of hydrogen-bond acceptors (Lipinski definition) is 4. The first-order chi connectivity index (χ1) is 10.9. The van der Waals surface area contributed by atoms with Crippen LogP contribution in [0.25, 0.3) is 0 Å². The summed E-state index contributed by atoms with van der Waals surface area (Å²) in [6.07, 6.45) is 4.13. The molecule has 2 rings (SSSR count). The molecule has 0 spiro atoms. The van der Waals surface area contributed by atoms with Crippen molar-refractivity contribution >= 4 is 21.8 Å². The predicted octanol–water partition coefficient (Wildman–Crippen LogP) is 3.05. The van der Waals surface area contributed by atoms with Crippen LogP contribution in [0.3, 0.4) is 0 Å². The summed E-state index contributed by atoms with van der Waals surface area (Å²) in [6, 6.07) is 7.02. The average Bonchev–Trinajstić information content (AvgIpc) is 2.51. The summed E-state index contributed by atoms with van der Waals surface area (Å²) >= 11 is 1.60. The molecule has 0 amide bonds. The minimum atomic E-state index is -3.39. The molecule has 1 aromatic rings. The van der Waals surface area contributed by atoms with Gasteiger partial charge in [-0.3, -0.25) is 0 Å². The van der Waals surface area contributed by atoms with Gasteiger partial charge in [-0.25, -0.2) is 13.1 Å². The normalized spacial score (nSPS) is 23.1. The highest BCUT2D eigenvalue weighted by Crippen LogP contribution is 2.21. The number of benzene rings is 1. The van der Waals surface area contributed by atoms with Crippen LogP contribution >= 0.6 is 11.8 Å². The van der Waals surface area contributed by atoms with E-state index in [1.54, 1.807) is 23.9 Å². The Bertz CT molecular complexity index is 577. The van der Waals surface area contributed by atoms with E-state index < -0.39 is 10.0 Å². The Morgan fingerprint density at radius 2 is 1.78 bits per heavy atom. The van der Waals surface area contributed by atoms with Gasteiger partial charge >= 0.3 is 0 Å². The van der Waals surface area contributed by atoms with Gasteiger partial charge < -0.3 is 4.90 Å². The molecular weight excluding hydrogens is 328 g/mol. The number of hydrogen-bond donors (Lipinski definition) is 1. The van der Waals surface area contributed by atoms with E-state index in [2.05, 4.69) is 23.5 Å². The Kier molecular flexibility index (Phi) is 6.95. The zero-order valence-electron chi connectivity index (χ0n) is 14.3. The Morgan fingerprint density at radius 1 is 1.17 bits per heavy atom. The van der Waals surface area contributed by atoms with Gasteiger partial charge in [0.05, 0.1) is 4.90 Å². The summed E-state index contributed by atoms with van der Waals surface area (Å²) in [6.45, 7) is 8.31.